The molecule has 3 rings (SSSR count). The van der Waals surface area contributed by atoms with Crippen molar-refractivity contribution in [3.05, 3.63) is 46.6 Å². The van der Waals surface area contributed by atoms with Gasteiger partial charge in [0.15, 0.2) is 0 Å². The average molecular weight is 303 g/mol. The summed E-state index contributed by atoms with van der Waals surface area (Å²) < 4.78 is 2.06. The molecule has 0 amide bonds. The molecule has 0 aliphatic rings. The Kier molecular flexibility index (Phi) is 3.29. The van der Waals surface area contributed by atoms with E-state index in [1.54, 1.807) is 11.3 Å². The molecule has 0 N–H and O–H groups in total. The van der Waals surface area contributed by atoms with E-state index >= 15 is 0 Å². The molecule has 3 aromatic rings. The standard InChI is InChI=1S/C12H8NOS.Y/c1-8-13(14)11-7-6-9-4-2-3-5-10(9)12(11)15-8;/h3-7H,1H3;/q-1;. The van der Waals surface area contributed by atoms with Gasteiger partial charge >= 0.3 is 0 Å². The van der Waals surface area contributed by atoms with Gasteiger partial charge in [0.05, 0.1) is 4.70 Å². The Labute approximate surface area is 122 Å². The molecule has 0 spiro atoms. The number of thiazole rings is 1. The number of benzene rings is 2. The second-order valence-corrected chi connectivity index (χ2v) is 4.68. The minimum absolute atomic E-state index is 0. The molecule has 1 aromatic heterocycles. The second kappa shape index (κ2) is 4.40. The maximum Gasteiger partial charge on any atom is 0.246 e. The third kappa shape index (κ3) is 1.67. The Balaban J connectivity index is 0.000000963. The van der Waals surface area contributed by atoms with Gasteiger partial charge < -0.3 is 5.21 Å². The van der Waals surface area contributed by atoms with Crippen molar-refractivity contribution in [2.75, 3.05) is 0 Å². The van der Waals surface area contributed by atoms with E-state index in [1.807, 2.05) is 37.3 Å². The fourth-order valence-corrected chi connectivity index (χ4v) is 2.82. The number of aromatic nitrogens is 1. The zero-order valence-corrected chi connectivity index (χ0v) is 12.4. The summed E-state index contributed by atoms with van der Waals surface area (Å²) in [6.45, 7) is 1.85. The van der Waals surface area contributed by atoms with Crippen molar-refractivity contribution in [2.24, 2.45) is 0 Å². The van der Waals surface area contributed by atoms with E-state index in [0.717, 1.165) is 30.7 Å². The molecule has 0 saturated heterocycles. The topological polar surface area (TPSA) is 26.9 Å². The molecule has 0 aliphatic heterocycles. The van der Waals surface area contributed by atoms with Crippen LogP contribution in [-0.2, 0) is 32.7 Å². The first-order valence-electron chi connectivity index (χ1n) is 4.69. The zero-order valence-electron chi connectivity index (χ0n) is 8.73. The fraction of sp³-hybridized carbons (Fsp3) is 0.0833. The predicted octanol–water partition coefficient (Wildman–Crippen LogP) is 2.79. The molecule has 2 nitrogen and oxygen atoms in total. The molecule has 2 aromatic carbocycles. The van der Waals surface area contributed by atoms with Gasteiger partial charge in [-0.1, -0.05) is 11.3 Å². The number of fused-ring (bicyclic) bond motifs is 3. The van der Waals surface area contributed by atoms with Crippen LogP contribution in [0.1, 0.15) is 5.01 Å². The van der Waals surface area contributed by atoms with Crippen LogP contribution in [0.4, 0.5) is 0 Å². The number of hydrogen-bond donors (Lipinski definition) is 0. The molecule has 0 unspecified atom stereocenters. The largest absolute Gasteiger partial charge is 0.617 e. The summed E-state index contributed by atoms with van der Waals surface area (Å²) in [6, 6.07) is 12.7. The van der Waals surface area contributed by atoms with Crippen LogP contribution in [0.5, 0.6) is 0 Å². The molecule has 77 valence electrons. The van der Waals surface area contributed by atoms with Crippen LogP contribution in [0.15, 0.2) is 30.3 Å². The Hall–Kier alpha value is -0.506. The minimum atomic E-state index is 0. The monoisotopic (exact) mass is 303 g/mol. The fourth-order valence-electron chi connectivity index (χ4n) is 1.80. The number of nitrogens with zero attached hydrogens (tertiary/aromatic N) is 1. The maximum absolute atomic E-state index is 11.7. The van der Waals surface area contributed by atoms with Crippen LogP contribution in [0.2, 0.25) is 0 Å². The van der Waals surface area contributed by atoms with Gasteiger partial charge in [0.25, 0.3) is 0 Å². The number of hydrogen-bond acceptors (Lipinski definition) is 2. The Morgan fingerprint density at radius 3 is 2.94 bits per heavy atom. The molecule has 0 bridgehead atoms. The van der Waals surface area contributed by atoms with Gasteiger partial charge in [-0.3, -0.25) is 0 Å². The van der Waals surface area contributed by atoms with Gasteiger partial charge in [0.1, 0.15) is 0 Å². The Morgan fingerprint density at radius 2 is 2.12 bits per heavy atom. The Bertz CT molecular complexity index is 662. The van der Waals surface area contributed by atoms with Crippen LogP contribution in [0.3, 0.4) is 0 Å². The molecule has 4 heteroatoms. The first-order chi connectivity index (χ1) is 7.27. The molecule has 1 radical (unpaired) electrons. The summed E-state index contributed by atoms with van der Waals surface area (Å²) in [6.07, 6.45) is 0. The van der Waals surface area contributed by atoms with Crippen molar-refractivity contribution in [1.29, 1.82) is 0 Å². The van der Waals surface area contributed by atoms with Crippen molar-refractivity contribution >= 4 is 32.3 Å². The van der Waals surface area contributed by atoms with Crippen LogP contribution < -0.4 is 4.73 Å². The zero-order chi connectivity index (χ0) is 10.4. The van der Waals surface area contributed by atoms with Gasteiger partial charge in [0, 0.05) is 45.7 Å². The normalized spacial score (nSPS) is 10.6. The first kappa shape index (κ1) is 12.0. The SMILES string of the molecule is Cc1sc2c3cc[c-]cc3ccc2[n+]1[O-].[Y]. The summed E-state index contributed by atoms with van der Waals surface area (Å²) in [5.41, 5.74) is 0.760. The van der Waals surface area contributed by atoms with E-state index in [2.05, 4.69) is 6.07 Å². The van der Waals surface area contributed by atoms with Crippen LogP contribution in [0.25, 0.3) is 21.0 Å². The maximum atomic E-state index is 11.7. The summed E-state index contributed by atoms with van der Waals surface area (Å²) in [7, 11) is 0. The molecule has 1 heterocycles. The van der Waals surface area contributed by atoms with Crippen LogP contribution in [0, 0.1) is 18.2 Å². The molecule has 0 fully saturated rings. The molecule has 16 heavy (non-hydrogen) atoms. The molecular formula is C12H8NOSY-. The van der Waals surface area contributed by atoms with E-state index in [0.29, 0.717) is 0 Å². The quantitative estimate of drug-likeness (QED) is 0.356. The molecule has 0 atom stereocenters. The summed E-state index contributed by atoms with van der Waals surface area (Å²) in [4.78, 5) is 0. The van der Waals surface area contributed by atoms with Crippen molar-refractivity contribution in [1.82, 2.24) is 0 Å². The number of aryl methyl sites for hydroxylation is 1. The summed E-state index contributed by atoms with van der Waals surface area (Å²) in [5, 5.41) is 14.7. The van der Waals surface area contributed by atoms with E-state index in [4.69, 9.17) is 0 Å². The van der Waals surface area contributed by atoms with Crippen LogP contribution in [-0.4, -0.2) is 0 Å². The number of rotatable bonds is 0. The molecule has 0 saturated carbocycles. The third-order valence-electron chi connectivity index (χ3n) is 2.55. The summed E-state index contributed by atoms with van der Waals surface area (Å²) >= 11 is 1.54. The third-order valence-corrected chi connectivity index (χ3v) is 3.64. The van der Waals surface area contributed by atoms with Gasteiger partial charge in [-0.05, 0) is 0 Å². The molecule has 0 aliphatic carbocycles. The van der Waals surface area contributed by atoms with Gasteiger partial charge in [-0.25, -0.2) is 0 Å². The van der Waals surface area contributed by atoms with Gasteiger partial charge in [-0.15, -0.1) is 16.8 Å². The Morgan fingerprint density at radius 1 is 1.31 bits per heavy atom. The van der Waals surface area contributed by atoms with Crippen molar-refractivity contribution in [3.63, 3.8) is 0 Å². The van der Waals surface area contributed by atoms with E-state index in [-0.39, 0.29) is 32.7 Å². The van der Waals surface area contributed by atoms with Crippen molar-refractivity contribution < 1.29 is 37.4 Å². The van der Waals surface area contributed by atoms with E-state index < -0.39 is 0 Å². The summed E-state index contributed by atoms with van der Waals surface area (Å²) in [5.74, 6) is 0. The molecular weight excluding hydrogens is 295 g/mol. The smallest absolute Gasteiger partial charge is 0.246 e. The van der Waals surface area contributed by atoms with Gasteiger partial charge in [-0.2, -0.15) is 29.0 Å². The van der Waals surface area contributed by atoms with E-state index in [9.17, 15) is 5.21 Å². The van der Waals surface area contributed by atoms with Crippen molar-refractivity contribution in [3.8, 4) is 0 Å². The average Bonchev–Trinajstić information content (AvgIpc) is 2.56. The van der Waals surface area contributed by atoms with Crippen molar-refractivity contribution in [2.45, 2.75) is 6.92 Å². The van der Waals surface area contributed by atoms with Gasteiger partial charge in [0.2, 0.25) is 10.5 Å². The second-order valence-electron chi connectivity index (χ2n) is 3.48. The van der Waals surface area contributed by atoms with E-state index in [1.165, 1.54) is 0 Å². The van der Waals surface area contributed by atoms with Crippen LogP contribution >= 0.6 is 11.3 Å². The minimum Gasteiger partial charge on any atom is -0.617 e. The first-order valence-corrected chi connectivity index (χ1v) is 5.50. The predicted molar refractivity (Wildman–Crippen MR) is 61.9 cm³/mol.